The summed E-state index contributed by atoms with van der Waals surface area (Å²) < 4.78 is 30.7. The Labute approximate surface area is 453 Å². The monoisotopic (exact) mass is 1050 g/mol. The van der Waals surface area contributed by atoms with Crippen molar-refractivity contribution in [3.63, 3.8) is 0 Å². The lowest BCUT2D eigenvalue weighted by atomic mass is 10.0. The van der Waals surface area contributed by atoms with E-state index in [0.717, 1.165) is 64.2 Å². The molecule has 0 aromatic carbocycles. The number of allylic oxidation sites excluding steroid dienone is 5. The van der Waals surface area contributed by atoms with E-state index in [0.29, 0.717) is 23.9 Å². The molecule has 0 fully saturated rings. The molecule has 0 bridgehead atoms. The van der Waals surface area contributed by atoms with Gasteiger partial charge in [0.05, 0.1) is 33.8 Å². The van der Waals surface area contributed by atoms with Crippen LogP contribution in [-0.4, -0.2) is 74.3 Å². The summed E-state index contributed by atoms with van der Waals surface area (Å²) in [4.78, 5) is 37.7. The number of nitrogens with one attached hydrogen (secondary N) is 1. The summed E-state index contributed by atoms with van der Waals surface area (Å²) in [5.41, 5.74) is 0. The van der Waals surface area contributed by atoms with E-state index in [1.807, 2.05) is 33.3 Å². The van der Waals surface area contributed by atoms with Crippen molar-refractivity contribution in [2.24, 2.45) is 0 Å². The van der Waals surface area contributed by atoms with E-state index in [4.69, 9.17) is 13.8 Å². The van der Waals surface area contributed by atoms with Crippen molar-refractivity contribution in [2.75, 3.05) is 40.9 Å². The molecule has 0 saturated heterocycles. The number of hydrogen-bond donors (Lipinski definition) is 2. The molecular formula is C63H122N2O7P+. The predicted molar refractivity (Wildman–Crippen MR) is 314 cm³/mol. The molecule has 9 nitrogen and oxygen atoms in total. The van der Waals surface area contributed by atoms with Gasteiger partial charge >= 0.3 is 13.8 Å². The molecule has 10 heteroatoms. The van der Waals surface area contributed by atoms with Gasteiger partial charge in [-0.2, -0.15) is 0 Å². The number of nitrogens with zero attached hydrogens (tertiary/aromatic N) is 1. The fraction of sp³-hybridized carbons (Fsp3) is 0.873. The molecular weight excluding hydrogens is 928 g/mol. The van der Waals surface area contributed by atoms with Crippen LogP contribution in [0.3, 0.4) is 0 Å². The molecule has 430 valence electrons. The first-order valence-electron chi connectivity index (χ1n) is 31.3. The Kier molecular flexibility index (Phi) is 52.3. The third kappa shape index (κ3) is 54.8. The minimum Gasteiger partial charge on any atom is -0.456 e. The van der Waals surface area contributed by atoms with Gasteiger partial charge in [0.15, 0.2) is 0 Å². The zero-order valence-electron chi connectivity index (χ0n) is 49.1. The molecule has 0 heterocycles. The van der Waals surface area contributed by atoms with Gasteiger partial charge in [-0.25, -0.2) is 4.57 Å². The fourth-order valence-corrected chi connectivity index (χ4v) is 9.90. The maximum absolute atomic E-state index is 13.5. The van der Waals surface area contributed by atoms with Gasteiger partial charge in [-0.05, 0) is 83.1 Å². The molecule has 0 radical (unpaired) electrons. The Bertz CT molecular complexity index is 1350. The number of unbranched alkanes of at least 4 members (excludes halogenated alkanes) is 37. The number of phosphoric ester groups is 1. The van der Waals surface area contributed by atoms with E-state index >= 15 is 0 Å². The Morgan fingerprint density at radius 1 is 0.466 bits per heavy atom. The van der Waals surface area contributed by atoms with E-state index in [9.17, 15) is 19.0 Å². The average Bonchev–Trinajstić information content (AvgIpc) is 3.35. The molecule has 0 spiro atoms. The number of esters is 1. The number of carbonyl (C=O) groups is 2. The molecule has 0 saturated carbocycles. The molecule has 0 aromatic heterocycles. The van der Waals surface area contributed by atoms with Crippen LogP contribution in [0.15, 0.2) is 36.5 Å². The van der Waals surface area contributed by atoms with Gasteiger partial charge in [0.1, 0.15) is 19.3 Å². The number of quaternary nitrogens is 1. The van der Waals surface area contributed by atoms with Gasteiger partial charge in [-0.3, -0.25) is 18.6 Å². The SMILES string of the molecule is CCCCCC/C=C\CCCCCCCCCC(=O)NC(COP(=O)(O)OCC[N+](C)(C)C)C(/C=C/CCCCCCCCCCCCC)OC(=O)CCCCCCCCCCC/C=C/CCCCCCCC. The largest absolute Gasteiger partial charge is 0.472 e. The van der Waals surface area contributed by atoms with E-state index in [1.54, 1.807) is 0 Å². The molecule has 0 aliphatic carbocycles. The van der Waals surface area contributed by atoms with Crippen LogP contribution in [0.2, 0.25) is 0 Å². The maximum atomic E-state index is 13.5. The average molecular weight is 1050 g/mol. The standard InChI is InChI=1S/C63H121N2O7P/c1-7-10-13-16-19-22-25-28-30-31-32-33-35-38-41-44-47-50-53-56-63(67)72-61(54-51-48-45-42-39-36-27-24-21-18-15-12-9-3)60(59-71-73(68,69)70-58-57-65(4,5)6)64-62(66)55-52-49-46-43-40-37-34-29-26-23-20-17-14-11-8-2/h23,26,28,30,51,54,60-61H,7-22,24-25,27,29,31-50,52-53,55-59H2,1-6H3,(H-,64,66,68,69)/p+1/b26-23-,30-28+,54-51+. The summed E-state index contributed by atoms with van der Waals surface area (Å²) in [6, 6.07) is -0.848. The number of amides is 1. The van der Waals surface area contributed by atoms with Gasteiger partial charge in [0.2, 0.25) is 5.91 Å². The van der Waals surface area contributed by atoms with Crippen molar-refractivity contribution < 1.29 is 37.3 Å². The van der Waals surface area contributed by atoms with Crippen molar-refractivity contribution in [3.8, 4) is 0 Å². The van der Waals surface area contributed by atoms with Crippen LogP contribution < -0.4 is 5.32 Å². The Balaban J connectivity index is 5.27. The van der Waals surface area contributed by atoms with Crippen LogP contribution in [0.4, 0.5) is 0 Å². The third-order valence-electron chi connectivity index (χ3n) is 14.1. The zero-order valence-corrected chi connectivity index (χ0v) is 50.0. The predicted octanol–water partition coefficient (Wildman–Crippen LogP) is 19.1. The second-order valence-corrected chi connectivity index (χ2v) is 24.0. The second kappa shape index (κ2) is 53.6. The van der Waals surface area contributed by atoms with Crippen LogP contribution in [0.25, 0.3) is 0 Å². The summed E-state index contributed by atoms with van der Waals surface area (Å²) in [5.74, 6) is -0.501. The van der Waals surface area contributed by atoms with Crippen molar-refractivity contribution in [1.29, 1.82) is 0 Å². The first-order chi connectivity index (χ1) is 35.4. The number of ether oxygens (including phenoxy) is 1. The molecule has 2 N–H and O–H groups in total. The minimum absolute atomic E-state index is 0.0408. The molecule has 3 unspecified atom stereocenters. The summed E-state index contributed by atoms with van der Waals surface area (Å²) in [7, 11) is 1.50. The number of carbonyl (C=O) groups excluding carboxylic acids is 2. The van der Waals surface area contributed by atoms with E-state index in [1.165, 1.54) is 205 Å². The lowest BCUT2D eigenvalue weighted by molar-refractivity contribution is -0.870. The first kappa shape index (κ1) is 71.2. The molecule has 3 atom stereocenters. The van der Waals surface area contributed by atoms with E-state index in [2.05, 4.69) is 50.4 Å². The highest BCUT2D eigenvalue weighted by Crippen LogP contribution is 2.43. The number of hydrogen-bond acceptors (Lipinski definition) is 6. The maximum Gasteiger partial charge on any atom is 0.472 e. The Morgan fingerprint density at radius 2 is 0.795 bits per heavy atom. The van der Waals surface area contributed by atoms with Crippen molar-refractivity contribution in [3.05, 3.63) is 36.5 Å². The Hall–Kier alpha value is -1.77. The second-order valence-electron chi connectivity index (χ2n) is 22.6. The highest BCUT2D eigenvalue weighted by Gasteiger charge is 2.30. The summed E-state index contributed by atoms with van der Waals surface area (Å²) in [5, 5.41) is 3.06. The van der Waals surface area contributed by atoms with Crippen LogP contribution >= 0.6 is 7.82 Å². The lowest BCUT2D eigenvalue weighted by Crippen LogP contribution is -2.47. The highest BCUT2D eigenvalue weighted by molar-refractivity contribution is 7.47. The Morgan fingerprint density at radius 3 is 1.18 bits per heavy atom. The lowest BCUT2D eigenvalue weighted by Gasteiger charge is -2.27. The molecule has 0 rings (SSSR count). The van der Waals surface area contributed by atoms with Gasteiger partial charge in [0, 0.05) is 12.8 Å². The van der Waals surface area contributed by atoms with Gasteiger partial charge in [-0.1, -0.05) is 244 Å². The van der Waals surface area contributed by atoms with Gasteiger partial charge in [-0.15, -0.1) is 0 Å². The van der Waals surface area contributed by atoms with Crippen LogP contribution in [-0.2, 0) is 27.9 Å². The van der Waals surface area contributed by atoms with Crippen LogP contribution in [0.5, 0.6) is 0 Å². The normalized spacial score (nSPS) is 13.9. The number of likely N-dealkylation sites (N-methyl/N-ethyl adjacent to an activating group) is 1. The van der Waals surface area contributed by atoms with Crippen LogP contribution in [0, 0.1) is 0 Å². The highest BCUT2D eigenvalue weighted by atomic mass is 31.2. The smallest absolute Gasteiger partial charge is 0.456 e. The third-order valence-corrected chi connectivity index (χ3v) is 15.0. The molecule has 0 aromatic rings. The summed E-state index contributed by atoms with van der Waals surface area (Å²) in [6.45, 7) is 7.02. The number of rotatable bonds is 57. The quantitative estimate of drug-likeness (QED) is 0.0205. The molecule has 1 amide bonds. The van der Waals surface area contributed by atoms with E-state index < -0.39 is 20.0 Å². The first-order valence-corrected chi connectivity index (χ1v) is 32.8. The van der Waals surface area contributed by atoms with E-state index in [-0.39, 0.29) is 25.1 Å². The zero-order chi connectivity index (χ0) is 53.6. The van der Waals surface area contributed by atoms with Gasteiger partial charge < -0.3 is 19.4 Å². The topological polar surface area (TPSA) is 111 Å². The summed E-state index contributed by atoms with van der Waals surface area (Å²) in [6.07, 6.45) is 64.2. The molecule has 0 aliphatic heterocycles. The van der Waals surface area contributed by atoms with Crippen molar-refractivity contribution in [2.45, 2.75) is 315 Å². The van der Waals surface area contributed by atoms with Gasteiger partial charge in [0.25, 0.3) is 0 Å². The number of phosphoric acid groups is 1. The fourth-order valence-electron chi connectivity index (χ4n) is 9.17. The van der Waals surface area contributed by atoms with Crippen molar-refractivity contribution >= 4 is 19.7 Å². The van der Waals surface area contributed by atoms with Crippen molar-refractivity contribution in [1.82, 2.24) is 5.32 Å². The minimum atomic E-state index is -4.45. The van der Waals surface area contributed by atoms with Crippen LogP contribution in [0.1, 0.15) is 303 Å². The molecule has 73 heavy (non-hydrogen) atoms. The summed E-state index contributed by atoms with van der Waals surface area (Å²) >= 11 is 0. The molecule has 0 aliphatic rings.